The zero-order chi connectivity index (χ0) is 81.5. The predicted octanol–water partition coefficient (Wildman–Crippen LogP) is 17.3. The van der Waals surface area contributed by atoms with E-state index in [9.17, 15) is 48.6 Å². The summed E-state index contributed by atoms with van der Waals surface area (Å²) in [5.41, 5.74) is 20.2. The number of benzene rings is 10. The van der Waals surface area contributed by atoms with E-state index in [-0.39, 0.29) is 28.4 Å². The highest BCUT2D eigenvalue weighted by molar-refractivity contribution is 6.31. The number of hydrogen-bond acceptors (Lipinski definition) is 23. The molecule has 0 unspecified atom stereocenters. The number of nitrogens with one attached hydrogen (secondary N) is 3. The zero-order valence-electron chi connectivity index (χ0n) is 61.6. The molecule has 33 heteroatoms. The van der Waals surface area contributed by atoms with Gasteiger partial charge in [0.15, 0.2) is 0 Å². The summed E-state index contributed by atoms with van der Waals surface area (Å²) < 4.78 is 39.3. The second-order valence-electron chi connectivity index (χ2n) is 24.3. The molecule has 12 aromatic rings. The Hall–Kier alpha value is -12.8. The van der Waals surface area contributed by atoms with Crippen molar-refractivity contribution in [2.75, 3.05) is 83.8 Å². The van der Waals surface area contributed by atoms with E-state index >= 15 is 0 Å². The summed E-state index contributed by atoms with van der Waals surface area (Å²) in [5.74, 6) is -2.26. The molecule has 2 saturated heterocycles. The number of aromatic nitrogens is 6. The van der Waals surface area contributed by atoms with Gasteiger partial charge in [-0.15, -0.1) is 10.2 Å². The fraction of sp³-hybridized carbons (Fsp3) is 0.188. The van der Waals surface area contributed by atoms with Crippen molar-refractivity contribution in [2.24, 2.45) is 0 Å². The number of halogens is 5. The van der Waals surface area contributed by atoms with Crippen LogP contribution in [-0.2, 0) is 18.9 Å². The van der Waals surface area contributed by atoms with Crippen LogP contribution in [0, 0.1) is 26.0 Å². The van der Waals surface area contributed by atoms with Gasteiger partial charge in [0.05, 0.1) is 101 Å². The summed E-state index contributed by atoms with van der Waals surface area (Å²) in [6.07, 6.45) is 7.58. The topological polar surface area (TPSA) is 371 Å². The Morgan fingerprint density at radius 1 is 0.460 bits per heavy atom. The van der Waals surface area contributed by atoms with E-state index in [2.05, 4.69) is 55.5 Å². The standard InChI is InChI=1S/C18H17ClN4O.C14H10ClN3O2.C14H11ClN2O4.C14H13ClN2O2.C8H6FNO4.C7H9NO.C5H11N/c19-14-5-4-6-15(12-14)23-17-8-7-13(11-16(17)20-21-23)18(24)22-9-2-1-3-10-22;1-20-14(19)9-5-6-13-12(7-9)16-17-18(13)11-4-2-3-10(15)8-11;1-21-14(18)9-5-6-12(13(7-9)17(19)20)16-11-4-2-3-10(15)8-11;1-19-14(18)9-5-6-13(12(16)7-9)17-11-4-2-3-10(15)8-11;1-14-8(11)5-2-3-6(9)7(4-5)10(12)13;1-9-7-4-2-6(8)3-5-7;1-2-4-6-5-3-1/h4-8,11-12H,1-3,9-10H2;2-8H,1H3;2-8,16H,1H3;2-8,17H,16H2,1H3;2-4H,1H3;2-5H,8H2,1H3;6H,1-5H2. The number of nitrogens with zero attached hydrogens (tertiary/aromatic N) is 9. The molecule has 10 aromatic carbocycles. The lowest BCUT2D eigenvalue weighted by molar-refractivity contribution is -0.387. The number of fused-ring (bicyclic) bond motifs is 2. The SMILES string of the molecule is C1CCNCC1.COC(=O)c1ccc(F)c([N+](=O)[O-])c1.COC(=O)c1ccc(Nc2cccc(Cl)c2)c(N)c1.COC(=O)c1ccc(Nc2cccc(Cl)c2)c([N+](=O)[O-])c1.COC(=O)c1ccc2c(c1)nnn2-c1cccc(Cl)c1.COc1ccc(N)cc1.O=C(c1ccc2c(c1)nnn2-c1cccc(Cl)c1)N1CCCCC1. The lowest BCUT2D eigenvalue weighted by atomic mass is 10.1. The van der Waals surface area contributed by atoms with Gasteiger partial charge < -0.3 is 56.0 Å². The van der Waals surface area contributed by atoms with Crippen molar-refractivity contribution in [1.29, 1.82) is 0 Å². The summed E-state index contributed by atoms with van der Waals surface area (Å²) >= 11 is 23.8. The number of ether oxygens (including phenoxy) is 5. The Balaban J connectivity index is 0.000000170. The molecule has 14 rings (SSSR count). The minimum absolute atomic E-state index is 0.0550. The Labute approximate surface area is 667 Å². The molecular formula is C80H77Cl4FN14O14. The predicted molar refractivity (Wildman–Crippen MR) is 433 cm³/mol. The van der Waals surface area contributed by atoms with Gasteiger partial charge in [0.25, 0.3) is 11.6 Å². The van der Waals surface area contributed by atoms with Crippen molar-refractivity contribution in [1.82, 2.24) is 40.2 Å². The highest BCUT2D eigenvalue weighted by Crippen LogP contribution is 2.32. The second-order valence-corrected chi connectivity index (χ2v) is 26.0. The van der Waals surface area contributed by atoms with Crippen LogP contribution in [0.3, 0.4) is 0 Å². The van der Waals surface area contributed by atoms with Crippen molar-refractivity contribution < 1.29 is 61.9 Å². The molecule has 0 atom stereocenters. The van der Waals surface area contributed by atoms with Crippen LogP contribution in [0.25, 0.3) is 33.4 Å². The van der Waals surface area contributed by atoms with Crippen LogP contribution in [-0.4, -0.2) is 136 Å². The summed E-state index contributed by atoms with van der Waals surface area (Å²) in [6, 6.07) is 58.6. The molecule has 4 heterocycles. The number of methoxy groups -OCH3 is 5. The lowest BCUT2D eigenvalue weighted by Crippen LogP contribution is -2.35. The van der Waals surface area contributed by atoms with Gasteiger partial charge in [-0.2, -0.15) is 4.39 Å². The van der Waals surface area contributed by atoms with Crippen molar-refractivity contribution in [3.05, 3.63) is 286 Å². The third-order valence-electron chi connectivity index (χ3n) is 16.5. The van der Waals surface area contributed by atoms with Gasteiger partial charge in [0.1, 0.15) is 22.5 Å². The largest absolute Gasteiger partial charge is 0.497 e. The molecule has 2 aromatic heterocycles. The van der Waals surface area contributed by atoms with Crippen molar-refractivity contribution in [3.8, 4) is 17.1 Å². The van der Waals surface area contributed by atoms with E-state index in [1.165, 1.54) is 78.3 Å². The van der Waals surface area contributed by atoms with E-state index in [1.807, 2.05) is 83.8 Å². The van der Waals surface area contributed by atoms with Gasteiger partial charge in [0, 0.05) is 67.9 Å². The van der Waals surface area contributed by atoms with Crippen LogP contribution < -0.4 is 32.2 Å². The second kappa shape index (κ2) is 43.0. The Morgan fingerprint density at radius 3 is 1.30 bits per heavy atom. The summed E-state index contributed by atoms with van der Waals surface area (Å²) in [5, 5.41) is 49.7. The van der Waals surface area contributed by atoms with Gasteiger partial charge in [-0.3, -0.25) is 25.0 Å². The first-order chi connectivity index (χ1) is 54.4. The third kappa shape index (κ3) is 25.4. The van der Waals surface area contributed by atoms with Crippen LogP contribution in [0.2, 0.25) is 20.1 Å². The minimum Gasteiger partial charge on any atom is -0.497 e. The van der Waals surface area contributed by atoms with Gasteiger partial charge in [-0.05, 0) is 221 Å². The molecule has 2 aliphatic rings. The van der Waals surface area contributed by atoms with Gasteiger partial charge >= 0.3 is 29.6 Å². The molecule has 113 heavy (non-hydrogen) atoms. The fourth-order valence-corrected chi connectivity index (χ4v) is 11.6. The number of rotatable bonds is 14. The van der Waals surface area contributed by atoms with E-state index in [0.29, 0.717) is 64.9 Å². The molecule has 2 fully saturated rings. The van der Waals surface area contributed by atoms with Crippen LogP contribution >= 0.6 is 46.4 Å². The molecule has 586 valence electrons. The van der Waals surface area contributed by atoms with E-state index in [0.717, 1.165) is 90.8 Å². The van der Waals surface area contributed by atoms with Crippen molar-refractivity contribution >= 4 is 144 Å². The number of anilines is 6. The van der Waals surface area contributed by atoms with Crippen molar-refractivity contribution in [3.63, 3.8) is 0 Å². The number of esters is 4. The smallest absolute Gasteiger partial charge is 0.338 e. The van der Waals surface area contributed by atoms with Crippen molar-refractivity contribution in [2.45, 2.75) is 38.5 Å². The average Bonchev–Trinajstić information content (AvgIpc) is 1.66. The van der Waals surface area contributed by atoms with Crippen LogP contribution in [0.5, 0.6) is 5.75 Å². The molecule has 28 nitrogen and oxygen atoms in total. The number of nitro groups is 2. The number of likely N-dealkylation sites (tertiary alicyclic amines) is 1. The number of nitrogens with two attached hydrogens (primary N) is 2. The Kier molecular flexibility index (Phi) is 32.6. The number of piperidine rings is 2. The summed E-state index contributed by atoms with van der Waals surface area (Å²) in [7, 11) is 6.65. The fourth-order valence-electron chi connectivity index (χ4n) is 10.8. The summed E-state index contributed by atoms with van der Waals surface area (Å²) in [6.45, 7) is 4.18. The van der Waals surface area contributed by atoms with E-state index < -0.39 is 45.2 Å². The molecule has 1 amide bonds. The number of hydrogen-bond donors (Lipinski definition) is 5. The molecule has 7 N–H and O–H groups in total. The number of carbonyl (C=O) groups is 5. The highest BCUT2D eigenvalue weighted by Gasteiger charge is 2.22. The highest BCUT2D eigenvalue weighted by atomic mass is 35.5. The maximum absolute atomic E-state index is 12.8. The zero-order valence-corrected chi connectivity index (χ0v) is 64.6. The van der Waals surface area contributed by atoms with E-state index in [4.69, 9.17) is 62.6 Å². The molecule has 0 spiro atoms. The Bertz CT molecular complexity index is 5290. The molecule has 0 radical (unpaired) electrons. The van der Waals surface area contributed by atoms with Gasteiger partial charge in [-0.1, -0.05) is 87.5 Å². The first-order valence-corrected chi connectivity index (χ1v) is 36.0. The quantitative estimate of drug-likeness (QED) is 0.0222. The average molecular weight is 1620 g/mol. The molecule has 0 aliphatic carbocycles. The molecule has 0 saturated carbocycles. The number of carbonyl (C=O) groups excluding carboxylic acids is 5. The monoisotopic (exact) mass is 1620 g/mol. The van der Waals surface area contributed by atoms with Gasteiger partial charge in [0.2, 0.25) is 5.82 Å². The molecular weight excluding hydrogens is 1540 g/mol. The molecule has 0 bridgehead atoms. The maximum atomic E-state index is 12.8. The van der Waals surface area contributed by atoms with Crippen LogP contribution in [0.15, 0.2) is 212 Å². The first kappa shape index (κ1) is 85.8. The molecule has 2 aliphatic heterocycles. The number of amides is 1. The summed E-state index contributed by atoms with van der Waals surface area (Å²) in [4.78, 5) is 79.7. The first-order valence-electron chi connectivity index (χ1n) is 34.5. The minimum atomic E-state index is -0.984. The lowest BCUT2D eigenvalue weighted by Gasteiger charge is -2.26. The van der Waals surface area contributed by atoms with E-state index in [1.54, 1.807) is 114 Å². The van der Waals surface area contributed by atoms with Gasteiger partial charge in [-0.25, -0.2) is 28.5 Å². The number of nitrogen functional groups attached to an aromatic ring is 2. The third-order valence-corrected chi connectivity index (χ3v) is 17.4. The van der Waals surface area contributed by atoms with Crippen LogP contribution in [0.4, 0.5) is 49.9 Å². The normalized spacial score (nSPS) is 11.8. The van der Waals surface area contributed by atoms with Crippen LogP contribution in [0.1, 0.15) is 90.3 Å². The number of nitro benzene ring substituents is 2. The Morgan fingerprint density at radius 2 is 0.867 bits per heavy atom. The maximum Gasteiger partial charge on any atom is 0.338 e.